The van der Waals surface area contributed by atoms with Crippen molar-refractivity contribution in [3.8, 4) is 0 Å². The van der Waals surface area contributed by atoms with E-state index in [1.807, 2.05) is 0 Å². The molecule has 0 radical (unpaired) electrons. The van der Waals surface area contributed by atoms with Gasteiger partial charge in [0.25, 0.3) is 0 Å². The van der Waals surface area contributed by atoms with Gasteiger partial charge in [0.2, 0.25) is 0 Å². The highest BCUT2D eigenvalue weighted by atomic mass is 19.4. The van der Waals surface area contributed by atoms with Crippen molar-refractivity contribution < 1.29 is 22.0 Å². The summed E-state index contributed by atoms with van der Waals surface area (Å²) in [5.41, 5.74) is 4.33. The molecule has 0 fully saturated rings. The zero-order chi connectivity index (χ0) is 11.7. The fourth-order valence-electron chi connectivity index (χ4n) is 0.922. The molecule has 1 aromatic rings. The molecule has 0 unspecified atom stereocenters. The van der Waals surface area contributed by atoms with Gasteiger partial charge in [0.05, 0.1) is 5.69 Å². The molecule has 0 aliphatic rings. The Hall–Kier alpha value is -1.24. The summed E-state index contributed by atoms with van der Waals surface area (Å²) in [7, 11) is 0. The van der Waals surface area contributed by atoms with E-state index in [2.05, 4.69) is 4.98 Å². The molecule has 0 spiro atoms. The Morgan fingerprint density at radius 1 is 1.13 bits per heavy atom. The number of rotatable bonds is 2. The summed E-state index contributed by atoms with van der Waals surface area (Å²) in [5.74, 6) is -4.98. The Morgan fingerprint density at radius 2 is 1.73 bits per heavy atom. The van der Waals surface area contributed by atoms with Gasteiger partial charge in [-0.3, -0.25) is 4.98 Å². The van der Waals surface area contributed by atoms with Crippen molar-refractivity contribution in [2.24, 2.45) is 5.73 Å². The van der Waals surface area contributed by atoms with Gasteiger partial charge in [0.1, 0.15) is 6.04 Å². The van der Waals surface area contributed by atoms with Crippen LogP contribution in [0.3, 0.4) is 0 Å². The SMILES string of the molecule is N[C@H](c1ccccn1)C(F)(F)C(F)(F)F. The minimum absolute atomic E-state index is 0.500. The zero-order valence-corrected chi connectivity index (χ0v) is 7.30. The van der Waals surface area contributed by atoms with E-state index in [9.17, 15) is 22.0 Å². The molecule has 1 aromatic heterocycles. The molecule has 0 saturated heterocycles. The minimum atomic E-state index is -5.68. The number of aromatic nitrogens is 1. The third-order valence-electron chi connectivity index (χ3n) is 1.77. The van der Waals surface area contributed by atoms with E-state index in [1.165, 1.54) is 12.1 Å². The van der Waals surface area contributed by atoms with E-state index in [-0.39, 0.29) is 0 Å². The Balaban J connectivity index is 3.00. The molecule has 1 atom stereocenters. The van der Waals surface area contributed by atoms with E-state index in [1.54, 1.807) is 0 Å². The van der Waals surface area contributed by atoms with Crippen molar-refractivity contribution in [1.29, 1.82) is 0 Å². The largest absolute Gasteiger partial charge is 0.455 e. The third-order valence-corrected chi connectivity index (χ3v) is 1.77. The second kappa shape index (κ2) is 3.73. The summed E-state index contributed by atoms with van der Waals surface area (Å²) in [6, 6.07) is 1.21. The van der Waals surface area contributed by atoms with Gasteiger partial charge < -0.3 is 5.73 Å². The first-order valence-electron chi connectivity index (χ1n) is 3.88. The third kappa shape index (κ3) is 2.23. The highest BCUT2D eigenvalue weighted by Crippen LogP contribution is 2.42. The molecule has 0 aromatic carbocycles. The summed E-state index contributed by atoms with van der Waals surface area (Å²) in [4.78, 5) is 3.35. The maximum atomic E-state index is 12.7. The van der Waals surface area contributed by atoms with Crippen LogP contribution in [0, 0.1) is 0 Å². The molecule has 0 aliphatic carbocycles. The van der Waals surface area contributed by atoms with Crippen molar-refractivity contribution >= 4 is 0 Å². The number of halogens is 5. The van der Waals surface area contributed by atoms with Crippen molar-refractivity contribution in [2.75, 3.05) is 0 Å². The monoisotopic (exact) mass is 226 g/mol. The van der Waals surface area contributed by atoms with Crippen LogP contribution >= 0.6 is 0 Å². The number of alkyl halides is 5. The molecule has 1 heterocycles. The molecule has 0 saturated carbocycles. The van der Waals surface area contributed by atoms with Gasteiger partial charge >= 0.3 is 12.1 Å². The number of hydrogen-bond donors (Lipinski definition) is 1. The fourth-order valence-corrected chi connectivity index (χ4v) is 0.922. The smallest absolute Gasteiger partial charge is 0.317 e. The number of nitrogens with two attached hydrogens (primary N) is 1. The Labute approximate surface area is 81.9 Å². The molecule has 7 heteroatoms. The van der Waals surface area contributed by atoms with Crippen LogP contribution in [0.1, 0.15) is 11.7 Å². The molecule has 84 valence electrons. The van der Waals surface area contributed by atoms with E-state index < -0.39 is 23.8 Å². The Morgan fingerprint density at radius 3 is 2.13 bits per heavy atom. The summed E-state index contributed by atoms with van der Waals surface area (Å²) in [6.07, 6.45) is -4.58. The second-order valence-electron chi connectivity index (χ2n) is 2.85. The van der Waals surface area contributed by atoms with E-state index in [0.29, 0.717) is 0 Å². The molecule has 0 aliphatic heterocycles. The van der Waals surface area contributed by atoms with Gasteiger partial charge in [-0.25, -0.2) is 0 Å². The average molecular weight is 226 g/mol. The lowest BCUT2D eigenvalue weighted by atomic mass is 10.1. The molecule has 0 bridgehead atoms. The number of nitrogens with zero attached hydrogens (tertiary/aromatic N) is 1. The maximum Gasteiger partial charge on any atom is 0.455 e. The lowest BCUT2D eigenvalue weighted by Gasteiger charge is -2.25. The van der Waals surface area contributed by atoms with Crippen molar-refractivity contribution in [3.05, 3.63) is 30.1 Å². The number of pyridine rings is 1. The topological polar surface area (TPSA) is 38.9 Å². The fraction of sp³-hybridized carbons (Fsp3) is 0.375. The van der Waals surface area contributed by atoms with Crippen LogP contribution in [0.2, 0.25) is 0 Å². The first kappa shape index (κ1) is 11.8. The van der Waals surface area contributed by atoms with Crippen molar-refractivity contribution in [1.82, 2.24) is 4.98 Å². The van der Waals surface area contributed by atoms with Gasteiger partial charge in [-0.2, -0.15) is 22.0 Å². The predicted molar refractivity (Wildman–Crippen MR) is 42.2 cm³/mol. The minimum Gasteiger partial charge on any atom is -0.317 e. The van der Waals surface area contributed by atoms with E-state index in [4.69, 9.17) is 5.73 Å². The van der Waals surface area contributed by atoms with Gasteiger partial charge in [-0.1, -0.05) is 6.07 Å². The summed E-state index contributed by atoms with van der Waals surface area (Å²) in [6.45, 7) is 0. The van der Waals surface area contributed by atoms with E-state index in [0.717, 1.165) is 12.3 Å². The quantitative estimate of drug-likeness (QED) is 0.785. The van der Waals surface area contributed by atoms with Crippen LogP contribution in [0.25, 0.3) is 0 Å². The Kier molecular flexibility index (Phi) is 2.94. The standard InChI is InChI=1S/C8H7F5N2/c9-7(10,8(11,12)13)6(14)5-3-1-2-4-15-5/h1-4,6H,14H2/t6-/m1/s1. The summed E-state index contributed by atoms with van der Waals surface area (Å²) in [5, 5.41) is 0. The normalized spacial score (nSPS) is 15.1. The lowest BCUT2D eigenvalue weighted by Crippen LogP contribution is -2.46. The van der Waals surface area contributed by atoms with Crippen LogP contribution in [0.15, 0.2) is 24.4 Å². The zero-order valence-electron chi connectivity index (χ0n) is 7.30. The molecule has 15 heavy (non-hydrogen) atoms. The van der Waals surface area contributed by atoms with E-state index >= 15 is 0 Å². The second-order valence-corrected chi connectivity index (χ2v) is 2.85. The summed E-state index contributed by atoms with van der Waals surface area (Å²) >= 11 is 0. The maximum absolute atomic E-state index is 12.7. The van der Waals surface area contributed by atoms with Gasteiger partial charge in [-0.15, -0.1) is 0 Å². The van der Waals surface area contributed by atoms with Crippen LogP contribution in [0.5, 0.6) is 0 Å². The Bertz CT molecular complexity index is 322. The lowest BCUT2D eigenvalue weighted by molar-refractivity contribution is -0.291. The van der Waals surface area contributed by atoms with Crippen LogP contribution < -0.4 is 5.73 Å². The molecular formula is C8H7F5N2. The van der Waals surface area contributed by atoms with Crippen LogP contribution in [-0.4, -0.2) is 17.1 Å². The highest BCUT2D eigenvalue weighted by Gasteiger charge is 2.62. The molecule has 1 rings (SSSR count). The molecule has 0 amide bonds. The van der Waals surface area contributed by atoms with Gasteiger partial charge in [0, 0.05) is 6.20 Å². The van der Waals surface area contributed by atoms with Gasteiger partial charge in [0.15, 0.2) is 0 Å². The van der Waals surface area contributed by atoms with Crippen LogP contribution in [0.4, 0.5) is 22.0 Å². The predicted octanol–water partition coefficient (Wildman–Crippen LogP) is 2.28. The van der Waals surface area contributed by atoms with Crippen molar-refractivity contribution in [3.63, 3.8) is 0 Å². The highest BCUT2D eigenvalue weighted by molar-refractivity contribution is 5.12. The van der Waals surface area contributed by atoms with Crippen LogP contribution in [-0.2, 0) is 0 Å². The first-order chi connectivity index (χ1) is 6.77. The molecule has 2 nitrogen and oxygen atoms in total. The van der Waals surface area contributed by atoms with Crippen molar-refractivity contribution in [2.45, 2.75) is 18.1 Å². The number of hydrogen-bond acceptors (Lipinski definition) is 2. The van der Waals surface area contributed by atoms with Gasteiger partial charge in [-0.05, 0) is 12.1 Å². The molecule has 2 N–H and O–H groups in total. The first-order valence-corrected chi connectivity index (χ1v) is 3.88. The summed E-state index contributed by atoms with van der Waals surface area (Å²) < 4.78 is 61.2. The molecular weight excluding hydrogens is 219 g/mol. The average Bonchev–Trinajstić information content (AvgIpc) is 2.16.